The fraction of sp³-hybridized carbons (Fsp3) is 0.286. The molecule has 0 saturated carbocycles. The molecule has 0 spiro atoms. The van der Waals surface area contributed by atoms with E-state index in [4.69, 9.17) is 13.9 Å². The SMILES string of the molecule is COc1cc(C2c3c(-c4ccccc4)n[nH]c3C(=O)N2Cc2ccco2)ccc1OCCC(C)C. The zero-order valence-corrected chi connectivity index (χ0v) is 20.2. The topological polar surface area (TPSA) is 80.6 Å². The number of carbonyl (C=O) groups is 1. The van der Waals surface area contributed by atoms with Crippen LogP contribution in [0.4, 0.5) is 0 Å². The van der Waals surface area contributed by atoms with Gasteiger partial charge in [-0.15, -0.1) is 0 Å². The van der Waals surface area contributed by atoms with Crippen molar-refractivity contribution in [2.24, 2.45) is 5.92 Å². The maximum atomic E-state index is 13.5. The average Bonchev–Trinajstić information content (AvgIpc) is 3.59. The number of methoxy groups -OCH3 is 1. The van der Waals surface area contributed by atoms with Gasteiger partial charge in [-0.3, -0.25) is 9.89 Å². The van der Waals surface area contributed by atoms with Gasteiger partial charge in [0.2, 0.25) is 0 Å². The number of hydrogen-bond donors (Lipinski definition) is 1. The van der Waals surface area contributed by atoms with E-state index in [2.05, 4.69) is 24.0 Å². The highest BCUT2D eigenvalue weighted by atomic mass is 16.5. The number of nitrogens with zero attached hydrogens (tertiary/aromatic N) is 2. The first-order chi connectivity index (χ1) is 17.1. The van der Waals surface area contributed by atoms with Gasteiger partial charge in [-0.2, -0.15) is 5.10 Å². The second kappa shape index (κ2) is 9.70. The molecule has 1 N–H and O–H groups in total. The van der Waals surface area contributed by atoms with Crippen LogP contribution in [0.3, 0.4) is 0 Å². The molecule has 1 aliphatic rings. The number of nitrogens with one attached hydrogen (secondary N) is 1. The number of H-pyrrole nitrogens is 1. The van der Waals surface area contributed by atoms with Crippen molar-refractivity contribution in [2.45, 2.75) is 32.9 Å². The third-order valence-corrected chi connectivity index (χ3v) is 6.27. The van der Waals surface area contributed by atoms with Crippen LogP contribution in [0.5, 0.6) is 11.5 Å². The summed E-state index contributed by atoms with van der Waals surface area (Å²) < 4.78 is 17.3. The van der Waals surface area contributed by atoms with E-state index in [1.165, 1.54) is 0 Å². The summed E-state index contributed by atoms with van der Waals surface area (Å²) in [6.45, 7) is 5.29. The van der Waals surface area contributed by atoms with Gasteiger partial charge in [0.1, 0.15) is 11.5 Å². The third-order valence-electron chi connectivity index (χ3n) is 6.27. The van der Waals surface area contributed by atoms with Crippen LogP contribution in [-0.2, 0) is 6.54 Å². The quantitative estimate of drug-likeness (QED) is 0.331. The van der Waals surface area contributed by atoms with E-state index in [0.29, 0.717) is 42.0 Å². The Balaban J connectivity index is 1.57. The van der Waals surface area contributed by atoms with Crippen molar-refractivity contribution < 1.29 is 18.7 Å². The average molecular weight is 472 g/mol. The van der Waals surface area contributed by atoms with Crippen molar-refractivity contribution in [1.29, 1.82) is 0 Å². The van der Waals surface area contributed by atoms with E-state index < -0.39 is 0 Å². The maximum Gasteiger partial charge on any atom is 0.273 e. The highest BCUT2D eigenvalue weighted by Gasteiger charge is 2.42. The molecule has 0 radical (unpaired) electrons. The smallest absolute Gasteiger partial charge is 0.273 e. The molecule has 3 heterocycles. The molecule has 35 heavy (non-hydrogen) atoms. The van der Waals surface area contributed by atoms with Crippen molar-refractivity contribution >= 4 is 5.91 Å². The molecular formula is C28H29N3O4. The molecule has 0 saturated heterocycles. The molecular weight excluding hydrogens is 442 g/mol. The fourth-order valence-corrected chi connectivity index (χ4v) is 4.47. The van der Waals surface area contributed by atoms with Gasteiger partial charge in [-0.1, -0.05) is 50.2 Å². The Kier molecular flexibility index (Phi) is 6.31. The molecule has 1 unspecified atom stereocenters. The molecule has 4 aromatic rings. The molecule has 7 heteroatoms. The highest BCUT2D eigenvalue weighted by molar-refractivity contribution is 6.00. The molecule has 0 bridgehead atoms. The first-order valence-corrected chi connectivity index (χ1v) is 11.8. The first-order valence-electron chi connectivity index (χ1n) is 11.8. The Morgan fingerprint density at radius 1 is 1.09 bits per heavy atom. The van der Waals surface area contributed by atoms with Gasteiger partial charge in [0, 0.05) is 11.1 Å². The van der Waals surface area contributed by atoms with Crippen LogP contribution < -0.4 is 9.47 Å². The predicted octanol–water partition coefficient (Wildman–Crippen LogP) is 5.85. The first kappa shape index (κ1) is 22.8. The fourth-order valence-electron chi connectivity index (χ4n) is 4.47. The zero-order valence-electron chi connectivity index (χ0n) is 20.2. The van der Waals surface area contributed by atoms with Crippen LogP contribution in [0, 0.1) is 5.92 Å². The number of fused-ring (bicyclic) bond motifs is 1. The molecule has 0 aliphatic carbocycles. The number of ether oxygens (including phenoxy) is 2. The second-order valence-corrected chi connectivity index (χ2v) is 9.08. The molecule has 1 atom stereocenters. The van der Waals surface area contributed by atoms with E-state index >= 15 is 0 Å². The summed E-state index contributed by atoms with van der Waals surface area (Å²) in [5, 5.41) is 7.53. The Hall–Kier alpha value is -4.00. The second-order valence-electron chi connectivity index (χ2n) is 9.08. The minimum atomic E-state index is -0.366. The Morgan fingerprint density at radius 2 is 1.91 bits per heavy atom. The lowest BCUT2D eigenvalue weighted by Gasteiger charge is -2.26. The van der Waals surface area contributed by atoms with E-state index in [1.807, 2.05) is 65.6 Å². The zero-order chi connectivity index (χ0) is 24.4. The molecule has 5 rings (SSSR count). The summed E-state index contributed by atoms with van der Waals surface area (Å²) in [5.74, 6) is 2.47. The largest absolute Gasteiger partial charge is 0.493 e. The van der Waals surface area contributed by atoms with Crippen LogP contribution in [0.25, 0.3) is 11.3 Å². The molecule has 0 fully saturated rings. The van der Waals surface area contributed by atoms with E-state index in [9.17, 15) is 4.79 Å². The number of carbonyl (C=O) groups excluding carboxylic acids is 1. The predicted molar refractivity (Wildman–Crippen MR) is 132 cm³/mol. The number of furan rings is 1. The molecule has 2 aromatic carbocycles. The number of benzene rings is 2. The summed E-state index contributed by atoms with van der Waals surface area (Å²) in [6.07, 6.45) is 2.57. The lowest BCUT2D eigenvalue weighted by molar-refractivity contribution is 0.0716. The summed E-state index contributed by atoms with van der Waals surface area (Å²) in [5.41, 5.74) is 3.97. The summed E-state index contributed by atoms with van der Waals surface area (Å²) >= 11 is 0. The number of hydrogen-bond acceptors (Lipinski definition) is 5. The molecule has 1 aliphatic heterocycles. The minimum absolute atomic E-state index is 0.118. The van der Waals surface area contributed by atoms with Gasteiger partial charge in [-0.05, 0) is 42.2 Å². The van der Waals surface area contributed by atoms with Gasteiger partial charge in [-0.25, -0.2) is 0 Å². The lowest BCUT2D eigenvalue weighted by Crippen LogP contribution is -2.29. The third kappa shape index (κ3) is 4.41. The monoisotopic (exact) mass is 471 g/mol. The van der Waals surface area contributed by atoms with Crippen LogP contribution in [0.2, 0.25) is 0 Å². The summed E-state index contributed by atoms with van der Waals surface area (Å²) in [7, 11) is 1.63. The Labute approximate surface area is 204 Å². The van der Waals surface area contributed by atoms with Gasteiger partial charge in [0.25, 0.3) is 5.91 Å². The van der Waals surface area contributed by atoms with E-state index in [1.54, 1.807) is 13.4 Å². The van der Waals surface area contributed by atoms with Crippen molar-refractivity contribution in [3.8, 4) is 22.8 Å². The standard InChI is InChI=1S/C28H29N3O4/c1-18(2)13-15-35-22-12-11-20(16-23(22)33-3)27-24-25(19-8-5-4-6-9-19)29-30-26(24)28(32)31(27)17-21-10-7-14-34-21/h4-12,14,16,18,27H,13,15,17H2,1-3H3,(H,29,30). The van der Waals surface area contributed by atoms with Crippen LogP contribution >= 0.6 is 0 Å². The number of rotatable bonds is 9. The van der Waals surface area contributed by atoms with Gasteiger partial charge in [0.15, 0.2) is 11.5 Å². The van der Waals surface area contributed by atoms with Crippen molar-refractivity contribution in [3.05, 3.63) is 89.5 Å². The van der Waals surface area contributed by atoms with Gasteiger partial charge < -0.3 is 18.8 Å². The molecule has 180 valence electrons. The maximum absolute atomic E-state index is 13.5. The van der Waals surface area contributed by atoms with E-state index in [0.717, 1.165) is 28.8 Å². The van der Waals surface area contributed by atoms with Crippen LogP contribution in [0.15, 0.2) is 71.3 Å². The van der Waals surface area contributed by atoms with Crippen molar-refractivity contribution in [2.75, 3.05) is 13.7 Å². The Bertz CT molecular complexity index is 1300. The molecule has 1 amide bonds. The Morgan fingerprint density at radius 3 is 2.63 bits per heavy atom. The molecule has 7 nitrogen and oxygen atoms in total. The molecule has 2 aromatic heterocycles. The van der Waals surface area contributed by atoms with Gasteiger partial charge in [0.05, 0.1) is 38.3 Å². The van der Waals surface area contributed by atoms with Crippen molar-refractivity contribution in [3.63, 3.8) is 0 Å². The number of aromatic nitrogens is 2. The lowest BCUT2D eigenvalue weighted by atomic mass is 9.95. The van der Waals surface area contributed by atoms with Gasteiger partial charge >= 0.3 is 0 Å². The van der Waals surface area contributed by atoms with E-state index in [-0.39, 0.29) is 11.9 Å². The highest BCUT2D eigenvalue weighted by Crippen LogP contribution is 2.45. The summed E-state index contributed by atoms with van der Waals surface area (Å²) in [4.78, 5) is 15.3. The number of aromatic amines is 1. The van der Waals surface area contributed by atoms with Crippen LogP contribution in [-0.4, -0.2) is 34.7 Å². The minimum Gasteiger partial charge on any atom is -0.493 e. The number of amides is 1. The normalized spacial score (nSPS) is 15.0. The van der Waals surface area contributed by atoms with Crippen molar-refractivity contribution in [1.82, 2.24) is 15.1 Å². The van der Waals surface area contributed by atoms with Crippen LogP contribution in [0.1, 0.15) is 53.7 Å². The summed E-state index contributed by atoms with van der Waals surface area (Å²) in [6, 6.07) is 19.1.